The van der Waals surface area contributed by atoms with E-state index in [0.29, 0.717) is 26.9 Å². The lowest BCUT2D eigenvalue weighted by Gasteiger charge is -2.12. The van der Waals surface area contributed by atoms with Gasteiger partial charge in [0.25, 0.3) is 5.56 Å². The normalized spacial score (nSPS) is 11.6. The number of esters is 1. The minimum Gasteiger partial charge on any atom is -0.481 e. The molecule has 0 N–H and O–H groups in total. The van der Waals surface area contributed by atoms with E-state index in [1.54, 1.807) is 44.3 Å². The number of nitrogens with zero attached hydrogens (tertiary/aromatic N) is 3. The van der Waals surface area contributed by atoms with Crippen LogP contribution in [0, 0.1) is 0 Å². The van der Waals surface area contributed by atoms with Gasteiger partial charge in [0.1, 0.15) is 11.6 Å². The topological polar surface area (TPSA) is 82.8 Å². The van der Waals surface area contributed by atoms with Crippen molar-refractivity contribution in [3.05, 3.63) is 67.1 Å². The third kappa shape index (κ3) is 5.83. The molecule has 0 radical (unpaired) electrons. The number of hydrogen-bond donors (Lipinski definition) is 0. The minimum absolute atomic E-state index is 0.000930. The van der Waals surface area contributed by atoms with Crippen LogP contribution in [0.5, 0.6) is 5.75 Å². The predicted molar refractivity (Wildman–Crippen MR) is 132 cm³/mol. The number of fused-ring (bicyclic) bond motifs is 1. The maximum Gasteiger partial charge on any atom is 0.344 e. The standard InChI is InChI=1S/C23H23Br2N3O4/c1-13(2)22-27-19-7-6-16(24)10-17(19)23(30)28(22)26-11-15-5-8-20(18(25)9-15)31-12-21(29)32-14(3)4/h5-11,13-14H,12H2,1-4H3. The molecule has 0 amide bonds. The molecule has 3 rings (SSSR count). The summed E-state index contributed by atoms with van der Waals surface area (Å²) in [5.74, 6) is 0.637. The highest BCUT2D eigenvalue weighted by Gasteiger charge is 2.14. The summed E-state index contributed by atoms with van der Waals surface area (Å²) in [4.78, 5) is 29.4. The van der Waals surface area contributed by atoms with Gasteiger partial charge in [-0.1, -0.05) is 29.8 Å². The second kappa shape index (κ2) is 10.4. The molecule has 168 valence electrons. The number of carbonyl (C=O) groups is 1. The summed E-state index contributed by atoms with van der Waals surface area (Å²) in [6, 6.07) is 10.7. The molecule has 1 aromatic heterocycles. The van der Waals surface area contributed by atoms with Crippen LogP contribution < -0.4 is 10.3 Å². The van der Waals surface area contributed by atoms with Crippen LogP contribution in [0.3, 0.4) is 0 Å². The molecule has 9 heteroatoms. The van der Waals surface area contributed by atoms with Gasteiger partial charge in [-0.05, 0) is 71.7 Å². The largest absolute Gasteiger partial charge is 0.481 e. The molecule has 32 heavy (non-hydrogen) atoms. The van der Waals surface area contributed by atoms with Crippen LogP contribution in [0.25, 0.3) is 10.9 Å². The van der Waals surface area contributed by atoms with Crippen molar-refractivity contribution in [2.75, 3.05) is 6.61 Å². The van der Waals surface area contributed by atoms with E-state index < -0.39 is 5.97 Å². The first-order chi connectivity index (χ1) is 15.2. The van der Waals surface area contributed by atoms with Crippen LogP contribution >= 0.6 is 31.9 Å². The molecule has 0 bridgehead atoms. The highest BCUT2D eigenvalue weighted by Crippen LogP contribution is 2.26. The van der Waals surface area contributed by atoms with Gasteiger partial charge in [-0.15, -0.1) is 0 Å². The van der Waals surface area contributed by atoms with Crippen LogP contribution in [-0.4, -0.2) is 34.6 Å². The molecule has 0 aliphatic carbocycles. The van der Waals surface area contributed by atoms with E-state index >= 15 is 0 Å². The number of ether oxygens (including phenoxy) is 2. The van der Waals surface area contributed by atoms with E-state index in [1.165, 1.54) is 4.68 Å². The molecule has 2 aromatic carbocycles. The Morgan fingerprint density at radius 3 is 2.56 bits per heavy atom. The summed E-state index contributed by atoms with van der Waals surface area (Å²) in [6.45, 7) is 7.30. The van der Waals surface area contributed by atoms with Gasteiger partial charge in [-0.25, -0.2) is 9.78 Å². The van der Waals surface area contributed by atoms with Gasteiger partial charge < -0.3 is 9.47 Å². The van der Waals surface area contributed by atoms with Gasteiger partial charge in [0, 0.05) is 10.4 Å². The third-order valence-corrected chi connectivity index (χ3v) is 5.45. The van der Waals surface area contributed by atoms with Gasteiger partial charge in [0.2, 0.25) is 0 Å². The van der Waals surface area contributed by atoms with Crippen molar-refractivity contribution in [3.63, 3.8) is 0 Å². The van der Waals surface area contributed by atoms with E-state index in [2.05, 4.69) is 41.9 Å². The van der Waals surface area contributed by atoms with E-state index in [0.717, 1.165) is 10.0 Å². The van der Waals surface area contributed by atoms with Crippen LogP contribution in [0.15, 0.2) is 55.2 Å². The summed E-state index contributed by atoms with van der Waals surface area (Å²) in [5.41, 5.74) is 1.14. The molecule has 3 aromatic rings. The molecule has 0 spiro atoms. The maximum absolute atomic E-state index is 13.1. The number of aromatic nitrogens is 2. The lowest BCUT2D eigenvalue weighted by atomic mass is 10.2. The molecule has 0 aliphatic rings. The zero-order chi connectivity index (χ0) is 23.4. The highest BCUT2D eigenvalue weighted by atomic mass is 79.9. The Morgan fingerprint density at radius 1 is 1.16 bits per heavy atom. The first kappa shape index (κ1) is 24.1. The molecule has 0 atom stereocenters. The van der Waals surface area contributed by atoms with E-state index in [9.17, 15) is 9.59 Å². The maximum atomic E-state index is 13.1. The summed E-state index contributed by atoms with van der Waals surface area (Å²) >= 11 is 6.84. The monoisotopic (exact) mass is 563 g/mol. The van der Waals surface area contributed by atoms with Crippen LogP contribution in [0.2, 0.25) is 0 Å². The van der Waals surface area contributed by atoms with Gasteiger partial charge in [0.15, 0.2) is 6.61 Å². The smallest absolute Gasteiger partial charge is 0.344 e. The number of carbonyl (C=O) groups excluding carboxylic acids is 1. The Labute approximate surface area is 202 Å². The molecule has 1 heterocycles. The van der Waals surface area contributed by atoms with Crippen molar-refractivity contribution < 1.29 is 14.3 Å². The molecule has 0 unspecified atom stereocenters. The zero-order valence-corrected chi connectivity index (χ0v) is 21.3. The fourth-order valence-corrected chi connectivity index (χ4v) is 3.80. The number of hydrogen-bond acceptors (Lipinski definition) is 6. The Hall–Kier alpha value is -2.52. The number of rotatable bonds is 7. The highest BCUT2D eigenvalue weighted by molar-refractivity contribution is 9.10. The summed E-state index contributed by atoms with van der Waals surface area (Å²) in [5, 5.41) is 4.91. The van der Waals surface area contributed by atoms with Gasteiger partial charge in [0.05, 0.1) is 27.7 Å². The molecule has 7 nitrogen and oxygen atoms in total. The fourth-order valence-electron chi connectivity index (χ4n) is 2.92. The Morgan fingerprint density at radius 2 is 1.91 bits per heavy atom. The van der Waals surface area contributed by atoms with Gasteiger partial charge >= 0.3 is 5.97 Å². The van der Waals surface area contributed by atoms with E-state index in [-0.39, 0.29) is 24.2 Å². The van der Waals surface area contributed by atoms with Crippen molar-refractivity contribution in [2.45, 2.75) is 39.7 Å². The molecule has 0 aliphatic heterocycles. The average Bonchev–Trinajstić information content (AvgIpc) is 2.72. The zero-order valence-electron chi connectivity index (χ0n) is 18.1. The molecule has 0 fully saturated rings. The number of halogens is 2. The summed E-state index contributed by atoms with van der Waals surface area (Å²) in [6.07, 6.45) is 1.39. The molecular weight excluding hydrogens is 542 g/mol. The predicted octanol–water partition coefficient (Wildman–Crippen LogP) is 5.26. The van der Waals surface area contributed by atoms with Crippen LogP contribution in [0.4, 0.5) is 0 Å². The minimum atomic E-state index is -0.437. The fraction of sp³-hybridized carbons (Fsp3) is 0.304. The Bertz CT molecular complexity index is 1240. The lowest BCUT2D eigenvalue weighted by molar-refractivity contribution is -0.149. The van der Waals surface area contributed by atoms with Crippen molar-refractivity contribution in [2.24, 2.45) is 5.10 Å². The molecule has 0 saturated heterocycles. The van der Waals surface area contributed by atoms with Crippen molar-refractivity contribution in [1.29, 1.82) is 0 Å². The SMILES string of the molecule is CC(C)OC(=O)COc1ccc(C=Nn2c(C(C)C)nc3ccc(Br)cc3c2=O)cc1Br. The van der Waals surface area contributed by atoms with E-state index in [1.807, 2.05) is 26.0 Å². The second-order valence-electron chi connectivity index (χ2n) is 7.66. The van der Waals surface area contributed by atoms with Crippen molar-refractivity contribution in [1.82, 2.24) is 9.66 Å². The Kier molecular flexibility index (Phi) is 7.84. The van der Waals surface area contributed by atoms with Crippen molar-refractivity contribution in [3.8, 4) is 5.75 Å². The first-order valence-corrected chi connectivity index (χ1v) is 11.6. The summed E-state index contributed by atoms with van der Waals surface area (Å²) in [7, 11) is 0. The van der Waals surface area contributed by atoms with Crippen LogP contribution in [-0.2, 0) is 9.53 Å². The second-order valence-corrected chi connectivity index (χ2v) is 9.43. The van der Waals surface area contributed by atoms with Gasteiger partial charge in [-0.2, -0.15) is 9.78 Å². The van der Waals surface area contributed by atoms with Crippen LogP contribution in [0.1, 0.15) is 45.0 Å². The quantitative estimate of drug-likeness (QED) is 0.289. The van der Waals surface area contributed by atoms with E-state index in [4.69, 9.17) is 9.47 Å². The third-order valence-electron chi connectivity index (χ3n) is 4.34. The average molecular weight is 565 g/mol. The Balaban J connectivity index is 1.88. The molecule has 0 saturated carbocycles. The summed E-state index contributed by atoms with van der Waals surface area (Å²) < 4.78 is 13.4. The van der Waals surface area contributed by atoms with Crippen molar-refractivity contribution >= 4 is 54.9 Å². The molecular formula is C23H23Br2N3O4. The lowest BCUT2D eigenvalue weighted by Crippen LogP contribution is -2.23. The van der Waals surface area contributed by atoms with Gasteiger partial charge in [-0.3, -0.25) is 4.79 Å². The number of benzene rings is 2. The first-order valence-electron chi connectivity index (χ1n) is 10.0.